The van der Waals surface area contributed by atoms with Crippen LogP contribution in [0.15, 0.2) is 30.6 Å². The van der Waals surface area contributed by atoms with Crippen molar-refractivity contribution in [1.29, 1.82) is 0 Å². The highest BCUT2D eigenvalue weighted by Gasteiger charge is 2.12. The molecule has 0 unspecified atom stereocenters. The molecule has 24 heavy (non-hydrogen) atoms. The predicted octanol–water partition coefficient (Wildman–Crippen LogP) is 0.455. The lowest BCUT2D eigenvalue weighted by molar-refractivity contribution is -0.116. The van der Waals surface area contributed by atoms with Gasteiger partial charge in [-0.3, -0.25) is 4.79 Å². The van der Waals surface area contributed by atoms with Crippen LogP contribution in [0.3, 0.4) is 0 Å². The molecule has 9 heteroatoms. The first kappa shape index (κ1) is 15.5. The lowest BCUT2D eigenvalue weighted by Crippen LogP contribution is -2.23. The van der Waals surface area contributed by atoms with E-state index in [0.29, 0.717) is 35.2 Å². The van der Waals surface area contributed by atoms with E-state index < -0.39 is 5.91 Å². The van der Waals surface area contributed by atoms with E-state index in [1.165, 1.54) is 0 Å². The number of benzene rings is 1. The van der Waals surface area contributed by atoms with Crippen LogP contribution in [0.25, 0.3) is 11.2 Å². The molecule has 0 aliphatic heterocycles. The predicted molar refractivity (Wildman–Crippen MR) is 92.2 cm³/mol. The lowest BCUT2D eigenvalue weighted by Gasteiger charge is -2.10. The fraction of sp³-hybridized carbons (Fsp3) is 0.200. The second-order valence-corrected chi connectivity index (χ2v) is 5.30. The Kier molecular flexibility index (Phi) is 4.15. The van der Waals surface area contributed by atoms with Crippen LogP contribution < -0.4 is 22.1 Å². The minimum atomic E-state index is -0.490. The highest BCUT2D eigenvalue weighted by Crippen LogP contribution is 2.21. The Morgan fingerprint density at radius 2 is 2.04 bits per heavy atom. The number of nitrogens with zero attached hydrogens (tertiary/aromatic N) is 4. The molecule has 0 aliphatic rings. The summed E-state index contributed by atoms with van der Waals surface area (Å²) >= 11 is 0. The van der Waals surface area contributed by atoms with Crippen LogP contribution in [0.4, 0.5) is 17.5 Å². The summed E-state index contributed by atoms with van der Waals surface area (Å²) in [6.07, 6.45) is 1.65. The van der Waals surface area contributed by atoms with Crippen molar-refractivity contribution in [2.24, 2.45) is 12.8 Å². The van der Waals surface area contributed by atoms with Crippen LogP contribution in [-0.4, -0.2) is 32.0 Å². The third kappa shape index (κ3) is 3.19. The first-order valence-corrected chi connectivity index (χ1v) is 7.33. The number of carbonyl (C=O) groups excluding carboxylic acids is 1. The number of amides is 1. The number of aromatic nitrogens is 4. The van der Waals surface area contributed by atoms with Crippen molar-refractivity contribution in [2.45, 2.75) is 6.54 Å². The molecule has 124 valence electrons. The van der Waals surface area contributed by atoms with Crippen molar-refractivity contribution < 1.29 is 4.79 Å². The van der Waals surface area contributed by atoms with Crippen molar-refractivity contribution in [3.63, 3.8) is 0 Å². The summed E-state index contributed by atoms with van der Waals surface area (Å²) in [5.74, 6) is 0.361. The fourth-order valence-electron chi connectivity index (χ4n) is 2.25. The Morgan fingerprint density at radius 1 is 1.25 bits per heavy atom. The quantitative estimate of drug-likeness (QED) is 0.483. The van der Waals surface area contributed by atoms with Crippen molar-refractivity contribution in [1.82, 2.24) is 19.5 Å². The van der Waals surface area contributed by atoms with Gasteiger partial charge in [-0.25, -0.2) is 4.98 Å². The summed E-state index contributed by atoms with van der Waals surface area (Å²) in [6, 6.07) is 7.58. The Morgan fingerprint density at radius 3 is 2.79 bits per heavy atom. The van der Waals surface area contributed by atoms with Crippen LogP contribution in [0.2, 0.25) is 0 Å². The standard InChI is InChI=1S/C15H18N8O/c1-23-8-20-12-13(18-6-9-4-2-3-5-10(9)16)21-15(22-14(12)23)19-7-11(17)24/h2-5,8H,6-7,16H2,1H3,(H2,17,24)(H2,18,19,21,22). The molecular weight excluding hydrogens is 308 g/mol. The average Bonchev–Trinajstić information content (AvgIpc) is 2.93. The molecule has 0 saturated heterocycles. The third-order valence-electron chi connectivity index (χ3n) is 3.48. The van der Waals surface area contributed by atoms with Gasteiger partial charge in [0.25, 0.3) is 0 Å². The molecule has 9 nitrogen and oxygen atoms in total. The van der Waals surface area contributed by atoms with Gasteiger partial charge in [0.15, 0.2) is 17.0 Å². The number of hydrogen-bond donors (Lipinski definition) is 4. The number of nitrogen functional groups attached to an aromatic ring is 1. The number of anilines is 3. The van der Waals surface area contributed by atoms with E-state index in [1.54, 1.807) is 10.9 Å². The topological polar surface area (TPSA) is 137 Å². The summed E-state index contributed by atoms with van der Waals surface area (Å²) in [7, 11) is 1.83. The van der Waals surface area contributed by atoms with Gasteiger partial charge >= 0.3 is 0 Å². The van der Waals surface area contributed by atoms with Gasteiger partial charge in [0.05, 0.1) is 12.9 Å². The number of carbonyl (C=O) groups is 1. The molecule has 1 amide bonds. The second kappa shape index (κ2) is 6.41. The Labute approximate surface area is 138 Å². The summed E-state index contributed by atoms with van der Waals surface area (Å²) in [4.78, 5) is 24.0. The first-order valence-electron chi connectivity index (χ1n) is 7.33. The van der Waals surface area contributed by atoms with Crippen molar-refractivity contribution in [2.75, 3.05) is 22.9 Å². The van der Waals surface area contributed by atoms with E-state index in [4.69, 9.17) is 11.5 Å². The average molecular weight is 326 g/mol. The van der Waals surface area contributed by atoms with E-state index in [-0.39, 0.29) is 6.54 Å². The molecule has 2 aromatic heterocycles. The van der Waals surface area contributed by atoms with Gasteiger partial charge in [0.2, 0.25) is 11.9 Å². The smallest absolute Gasteiger partial charge is 0.236 e. The SMILES string of the molecule is Cn1cnc2c(NCc3ccccc3N)nc(NCC(N)=O)nc21. The molecule has 2 heterocycles. The van der Waals surface area contributed by atoms with Crippen LogP contribution in [0.5, 0.6) is 0 Å². The van der Waals surface area contributed by atoms with Gasteiger partial charge in [0, 0.05) is 19.3 Å². The number of para-hydroxylation sites is 1. The van der Waals surface area contributed by atoms with Crippen LogP contribution in [0.1, 0.15) is 5.56 Å². The zero-order chi connectivity index (χ0) is 17.1. The van der Waals surface area contributed by atoms with E-state index in [0.717, 1.165) is 5.56 Å². The molecule has 0 spiro atoms. The van der Waals surface area contributed by atoms with E-state index in [2.05, 4.69) is 25.6 Å². The Hall–Kier alpha value is -3.36. The maximum absolute atomic E-state index is 10.9. The van der Waals surface area contributed by atoms with Gasteiger partial charge in [-0.15, -0.1) is 0 Å². The molecule has 0 saturated carbocycles. The first-order chi connectivity index (χ1) is 11.5. The van der Waals surface area contributed by atoms with Gasteiger partial charge in [-0.05, 0) is 11.6 Å². The van der Waals surface area contributed by atoms with Gasteiger partial charge < -0.3 is 26.7 Å². The number of primary amides is 1. The minimum Gasteiger partial charge on any atom is -0.398 e. The van der Waals surface area contributed by atoms with Crippen molar-refractivity contribution in [3.8, 4) is 0 Å². The highest BCUT2D eigenvalue weighted by molar-refractivity contribution is 5.85. The number of nitrogens with two attached hydrogens (primary N) is 2. The monoisotopic (exact) mass is 326 g/mol. The zero-order valence-corrected chi connectivity index (χ0v) is 13.2. The van der Waals surface area contributed by atoms with E-state index in [9.17, 15) is 4.79 Å². The molecule has 0 atom stereocenters. The summed E-state index contributed by atoms with van der Waals surface area (Å²) in [5.41, 5.74) is 14.0. The maximum Gasteiger partial charge on any atom is 0.236 e. The summed E-state index contributed by atoms with van der Waals surface area (Å²) in [5, 5.41) is 6.02. The molecule has 6 N–H and O–H groups in total. The fourth-order valence-corrected chi connectivity index (χ4v) is 2.25. The second-order valence-electron chi connectivity index (χ2n) is 5.30. The maximum atomic E-state index is 10.9. The Bertz CT molecular complexity index is 888. The molecule has 3 rings (SSSR count). The zero-order valence-electron chi connectivity index (χ0n) is 13.2. The molecule has 0 radical (unpaired) electrons. The van der Waals surface area contributed by atoms with Crippen LogP contribution in [-0.2, 0) is 18.4 Å². The highest BCUT2D eigenvalue weighted by atomic mass is 16.1. The molecule has 1 aromatic carbocycles. The number of rotatable bonds is 6. The van der Waals surface area contributed by atoms with Gasteiger partial charge in [-0.1, -0.05) is 18.2 Å². The van der Waals surface area contributed by atoms with Crippen LogP contribution >= 0.6 is 0 Å². The lowest BCUT2D eigenvalue weighted by atomic mass is 10.2. The molecule has 0 aliphatic carbocycles. The van der Waals surface area contributed by atoms with Crippen molar-refractivity contribution in [3.05, 3.63) is 36.2 Å². The summed E-state index contributed by atoms with van der Waals surface area (Å²) < 4.78 is 1.77. The van der Waals surface area contributed by atoms with Gasteiger partial charge in [-0.2, -0.15) is 9.97 Å². The molecular formula is C15H18N8O. The number of fused-ring (bicyclic) bond motifs is 1. The van der Waals surface area contributed by atoms with Crippen LogP contribution in [0, 0.1) is 0 Å². The minimum absolute atomic E-state index is 0.0472. The van der Waals surface area contributed by atoms with Crippen molar-refractivity contribution >= 4 is 34.5 Å². The number of nitrogens with one attached hydrogen (secondary N) is 2. The Balaban J connectivity index is 1.90. The number of hydrogen-bond acceptors (Lipinski definition) is 7. The molecule has 0 fully saturated rings. The molecule has 3 aromatic rings. The third-order valence-corrected chi connectivity index (χ3v) is 3.48. The number of aryl methyl sites for hydroxylation is 1. The normalized spacial score (nSPS) is 10.7. The van der Waals surface area contributed by atoms with E-state index >= 15 is 0 Å². The summed E-state index contributed by atoms with van der Waals surface area (Å²) in [6.45, 7) is 0.444. The number of imidazole rings is 1. The van der Waals surface area contributed by atoms with Gasteiger partial charge in [0.1, 0.15) is 0 Å². The van der Waals surface area contributed by atoms with E-state index in [1.807, 2.05) is 31.3 Å². The molecule has 0 bridgehead atoms. The largest absolute Gasteiger partial charge is 0.398 e.